The van der Waals surface area contributed by atoms with Gasteiger partial charge in [-0.2, -0.15) is 0 Å². The maximum atomic E-state index is 12.1. The van der Waals surface area contributed by atoms with E-state index in [1.54, 1.807) is 0 Å². The predicted octanol–water partition coefficient (Wildman–Crippen LogP) is 4.61. The summed E-state index contributed by atoms with van der Waals surface area (Å²) in [6, 6.07) is 20.1. The summed E-state index contributed by atoms with van der Waals surface area (Å²) in [6.45, 7) is 1.72. The molecule has 0 aromatic heterocycles. The fraction of sp³-hybridized carbons (Fsp3) is 0.381. The van der Waals surface area contributed by atoms with Crippen molar-refractivity contribution in [3.63, 3.8) is 0 Å². The second-order valence-electron chi connectivity index (χ2n) is 6.12. The highest BCUT2D eigenvalue weighted by Gasteiger charge is 2.02. The van der Waals surface area contributed by atoms with Gasteiger partial charge in [-0.3, -0.25) is 4.21 Å². The largest absolute Gasteiger partial charge is 0.363 e. The summed E-state index contributed by atoms with van der Waals surface area (Å²) >= 11 is 7.20. The molecule has 0 aliphatic rings. The molecule has 0 fully saturated rings. The lowest BCUT2D eigenvalue weighted by atomic mass is 10.3. The molecule has 2 aromatic rings. The zero-order valence-electron chi connectivity index (χ0n) is 15.6. The van der Waals surface area contributed by atoms with Crippen molar-refractivity contribution in [2.75, 3.05) is 24.6 Å². The molecule has 0 spiro atoms. The zero-order valence-corrected chi connectivity index (χ0v) is 18.0. The van der Waals surface area contributed by atoms with E-state index in [9.17, 15) is 4.21 Å². The maximum Gasteiger partial charge on any atom is 0.166 e. The summed E-state index contributed by atoms with van der Waals surface area (Å²) in [5.74, 6) is 1.83. The van der Waals surface area contributed by atoms with Crippen molar-refractivity contribution in [1.82, 2.24) is 10.6 Å². The van der Waals surface area contributed by atoms with Crippen LogP contribution in [0.15, 0.2) is 70.5 Å². The van der Waals surface area contributed by atoms with Crippen LogP contribution >= 0.6 is 24.0 Å². The number of thioether (sulfide) groups is 1. The van der Waals surface area contributed by atoms with E-state index in [4.69, 9.17) is 12.2 Å². The van der Waals surface area contributed by atoms with E-state index in [2.05, 4.69) is 34.9 Å². The Labute approximate surface area is 175 Å². The van der Waals surface area contributed by atoms with E-state index in [0.29, 0.717) is 5.75 Å². The third kappa shape index (κ3) is 9.94. The first-order chi connectivity index (χ1) is 13.3. The van der Waals surface area contributed by atoms with Gasteiger partial charge in [0.15, 0.2) is 5.11 Å². The average Bonchev–Trinajstić information content (AvgIpc) is 2.71. The molecule has 0 amide bonds. The van der Waals surface area contributed by atoms with Crippen LogP contribution in [0.1, 0.15) is 25.7 Å². The number of rotatable bonds is 12. The molecule has 0 saturated carbocycles. The Hall–Kier alpha value is -1.37. The van der Waals surface area contributed by atoms with Crippen LogP contribution in [0.25, 0.3) is 0 Å². The molecular weight excluding hydrogens is 392 g/mol. The molecule has 6 heteroatoms. The molecule has 2 aromatic carbocycles. The molecular formula is C21H28N2OS3. The third-order valence-corrected chi connectivity index (χ3v) is 6.76. The van der Waals surface area contributed by atoms with Crippen molar-refractivity contribution in [3.8, 4) is 0 Å². The Morgan fingerprint density at radius 3 is 2.11 bits per heavy atom. The number of hydrogen-bond acceptors (Lipinski definition) is 3. The van der Waals surface area contributed by atoms with Crippen molar-refractivity contribution in [2.24, 2.45) is 0 Å². The van der Waals surface area contributed by atoms with Gasteiger partial charge in [0, 0.05) is 28.6 Å². The van der Waals surface area contributed by atoms with E-state index in [1.165, 1.54) is 11.3 Å². The third-order valence-electron chi connectivity index (χ3n) is 3.92. The SMILES string of the molecule is O=S(CCCCNC(=S)NCCCCSc1ccccc1)c1ccccc1. The molecule has 1 unspecified atom stereocenters. The van der Waals surface area contributed by atoms with Gasteiger partial charge in [0.1, 0.15) is 0 Å². The summed E-state index contributed by atoms with van der Waals surface area (Å²) in [5, 5.41) is 7.20. The Bertz CT molecular complexity index is 680. The standard InChI is InChI=1S/C21H28N2OS3/c24-27(20-13-5-2-6-14-20)18-10-8-16-23-21(25)22-15-7-9-17-26-19-11-3-1-4-12-19/h1-6,11-14H,7-10,15-18H2,(H2,22,23,25). The fourth-order valence-corrected chi connectivity index (χ4v) is 4.75. The van der Waals surface area contributed by atoms with Crippen molar-refractivity contribution in [3.05, 3.63) is 60.7 Å². The van der Waals surface area contributed by atoms with E-state index in [1.807, 2.05) is 48.2 Å². The average molecular weight is 421 g/mol. The number of benzene rings is 2. The summed E-state index contributed by atoms with van der Waals surface area (Å²) in [6.07, 6.45) is 4.17. The van der Waals surface area contributed by atoms with Crippen LogP contribution < -0.4 is 10.6 Å². The highest BCUT2D eigenvalue weighted by Crippen LogP contribution is 2.18. The van der Waals surface area contributed by atoms with Gasteiger partial charge in [-0.25, -0.2) is 0 Å². The van der Waals surface area contributed by atoms with Crippen LogP contribution in [0.2, 0.25) is 0 Å². The van der Waals surface area contributed by atoms with Gasteiger partial charge in [-0.1, -0.05) is 36.4 Å². The molecule has 146 valence electrons. The predicted molar refractivity (Wildman–Crippen MR) is 122 cm³/mol. The molecule has 0 radical (unpaired) electrons. The van der Waals surface area contributed by atoms with E-state index in [-0.39, 0.29) is 0 Å². The topological polar surface area (TPSA) is 41.1 Å². The normalized spacial score (nSPS) is 11.7. The smallest absolute Gasteiger partial charge is 0.166 e. The van der Waals surface area contributed by atoms with Gasteiger partial charge in [0.05, 0.1) is 10.8 Å². The van der Waals surface area contributed by atoms with E-state index >= 15 is 0 Å². The van der Waals surface area contributed by atoms with Crippen molar-refractivity contribution in [1.29, 1.82) is 0 Å². The van der Waals surface area contributed by atoms with Crippen molar-refractivity contribution in [2.45, 2.75) is 35.5 Å². The summed E-state index contributed by atoms with van der Waals surface area (Å²) in [4.78, 5) is 2.24. The maximum absolute atomic E-state index is 12.1. The summed E-state index contributed by atoms with van der Waals surface area (Å²) < 4.78 is 12.1. The second-order valence-corrected chi connectivity index (χ2v) is 9.27. The van der Waals surface area contributed by atoms with Crippen LogP contribution in [0, 0.1) is 0 Å². The lowest BCUT2D eigenvalue weighted by molar-refractivity contribution is 0.674. The van der Waals surface area contributed by atoms with Gasteiger partial charge in [-0.05, 0) is 67.9 Å². The van der Waals surface area contributed by atoms with Gasteiger partial charge < -0.3 is 10.6 Å². The molecule has 2 N–H and O–H groups in total. The molecule has 3 nitrogen and oxygen atoms in total. The summed E-state index contributed by atoms with van der Waals surface area (Å²) in [5.41, 5.74) is 0. The van der Waals surface area contributed by atoms with Crippen molar-refractivity contribution >= 4 is 39.9 Å². The van der Waals surface area contributed by atoms with Crippen LogP contribution in [0.3, 0.4) is 0 Å². The van der Waals surface area contributed by atoms with Gasteiger partial charge in [0.25, 0.3) is 0 Å². The van der Waals surface area contributed by atoms with E-state index < -0.39 is 10.8 Å². The number of unbranched alkanes of at least 4 members (excludes halogenated alkanes) is 2. The number of nitrogens with one attached hydrogen (secondary N) is 2. The Kier molecular flexibility index (Phi) is 11.2. The van der Waals surface area contributed by atoms with Gasteiger partial charge in [0.2, 0.25) is 0 Å². The summed E-state index contributed by atoms with van der Waals surface area (Å²) in [7, 11) is -0.898. The lowest BCUT2D eigenvalue weighted by Gasteiger charge is -2.10. The van der Waals surface area contributed by atoms with Crippen LogP contribution in [-0.4, -0.2) is 33.9 Å². The first-order valence-electron chi connectivity index (χ1n) is 9.38. The number of thiocarbonyl (C=S) groups is 1. The van der Waals surface area contributed by atoms with Crippen molar-refractivity contribution < 1.29 is 4.21 Å². The monoisotopic (exact) mass is 420 g/mol. The van der Waals surface area contributed by atoms with Gasteiger partial charge >= 0.3 is 0 Å². The quantitative estimate of drug-likeness (QED) is 0.298. The molecule has 0 saturated heterocycles. The van der Waals surface area contributed by atoms with Crippen LogP contribution in [0.5, 0.6) is 0 Å². The molecule has 2 rings (SSSR count). The Morgan fingerprint density at radius 1 is 0.852 bits per heavy atom. The van der Waals surface area contributed by atoms with Crippen LogP contribution in [-0.2, 0) is 10.8 Å². The Balaban J connectivity index is 1.42. The molecule has 0 aliphatic carbocycles. The highest BCUT2D eigenvalue weighted by atomic mass is 32.2. The molecule has 0 aliphatic heterocycles. The minimum Gasteiger partial charge on any atom is -0.363 e. The number of hydrogen-bond donors (Lipinski definition) is 2. The highest BCUT2D eigenvalue weighted by molar-refractivity contribution is 7.99. The van der Waals surface area contributed by atoms with Crippen LogP contribution in [0.4, 0.5) is 0 Å². The molecule has 27 heavy (non-hydrogen) atoms. The Morgan fingerprint density at radius 2 is 1.44 bits per heavy atom. The molecule has 0 bridgehead atoms. The molecule has 0 heterocycles. The minimum atomic E-state index is -0.898. The van der Waals surface area contributed by atoms with E-state index in [0.717, 1.165) is 48.1 Å². The van der Waals surface area contributed by atoms with Gasteiger partial charge in [-0.15, -0.1) is 11.8 Å². The zero-order chi connectivity index (χ0) is 19.2. The fourth-order valence-electron chi connectivity index (χ4n) is 2.45. The minimum absolute atomic E-state index is 0.699. The first kappa shape index (κ1) is 21.9. The first-order valence-corrected chi connectivity index (χ1v) is 12.1. The second kappa shape index (κ2) is 13.7. The lowest BCUT2D eigenvalue weighted by Crippen LogP contribution is -2.36. The molecule has 1 atom stereocenters.